The summed E-state index contributed by atoms with van der Waals surface area (Å²) in [5.74, 6) is -0.210. The smallest absolute Gasteiger partial charge is 0.330 e. The van der Waals surface area contributed by atoms with Gasteiger partial charge in [-0.2, -0.15) is 0 Å². The van der Waals surface area contributed by atoms with Crippen LogP contribution in [-0.4, -0.2) is 26.5 Å². The maximum absolute atomic E-state index is 12.3. The Morgan fingerprint density at radius 2 is 2.04 bits per heavy atom. The van der Waals surface area contributed by atoms with Crippen LogP contribution in [0.5, 0.6) is 0 Å². The number of hydrogen-bond donors (Lipinski definition) is 0. The van der Waals surface area contributed by atoms with Gasteiger partial charge in [0.25, 0.3) is 5.56 Å². The lowest BCUT2D eigenvalue weighted by Crippen LogP contribution is -2.37. The van der Waals surface area contributed by atoms with Gasteiger partial charge >= 0.3 is 5.69 Å². The van der Waals surface area contributed by atoms with Gasteiger partial charge in [-0.1, -0.05) is 11.6 Å². The number of rotatable bonds is 5. The minimum atomic E-state index is -0.435. The number of hydrogen-bond acceptors (Lipinski definition) is 4. The van der Waals surface area contributed by atoms with Crippen LogP contribution in [-0.2, 0) is 25.4 Å². The molecule has 0 bridgehead atoms. The lowest BCUT2D eigenvalue weighted by Gasteiger charge is -2.18. The molecule has 0 saturated carbocycles. The van der Waals surface area contributed by atoms with Gasteiger partial charge in [0.15, 0.2) is 0 Å². The van der Waals surface area contributed by atoms with E-state index in [2.05, 4.69) is 0 Å². The van der Waals surface area contributed by atoms with Crippen molar-refractivity contribution in [3.63, 3.8) is 0 Å². The van der Waals surface area contributed by atoms with Crippen LogP contribution in [0, 0.1) is 0 Å². The zero-order valence-corrected chi connectivity index (χ0v) is 15.2. The molecule has 2 aromatic heterocycles. The van der Waals surface area contributed by atoms with Crippen LogP contribution in [0.4, 0.5) is 0 Å². The summed E-state index contributed by atoms with van der Waals surface area (Å²) in [6, 6.07) is 3.68. The first kappa shape index (κ1) is 18.2. The Morgan fingerprint density at radius 1 is 1.33 bits per heavy atom. The fourth-order valence-corrected chi connectivity index (χ4v) is 3.29. The average molecular weight is 368 g/mol. The van der Waals surface area contributed by atoms with Crippen molar-refractivity contribution in [2.75, 3.05) is 6.54 Å². The normalized spacial score (nSPS) is 11.2. The number of carbonyl (C=O) groups is 1. The Hall–Kier alpha value is -2.12. The molecular weight excluding hydrogens is 350 g/mol. The maximum atomic E-state index is 12.3. The Balaban J connectivity index is 2.20. The van der Waals surface area contributed by atoms with Crippen molar-refractivity contribution < 1.29 is 4.79 Å². The molecule has 0 fully saturated rings. The molecule has 2 heterocycles. The molecule has 0 atom stereocenters. The second-order valence-corrected chi connectivity index (χ2v) is 7.03. The van der Waals surface area contributed by atoms with Gasteiger partial charge in [-0.25, -0.2) is 4.79 Å². The molecule has 0 saturated heterocycles. The molecule has 0 aliphatic rings. The fourth-order valence-electron chi connectivity index (χ4n) is 2.19. The predicted octanol–water partition coefficient (Wildman–Crippen LogP) is 1.86. The highest BCUT2D eigenvalue weighted by Crippen LogP contribution is 2.22. The van der Waals surface area contributed by atoms with Gasteiger partial charge in [-0.15, -0.1) is 11.3 Å². The number of thiophene rings is 1. The second-order valence-electron chi connectivity index (χ2n) is 5.23. The molecule has 1 amide bonds. The summed E-state index contributed by atoms with van der Waals surface area (Å²) >= 11 is 7.33. The van der Waals surface area contributed by atoms with E-state index in [-0.39, 0.29) is 11.5 Å². The highest BCUT2D eigenvalue weighted by atomic mass is 35.5. The molecule has 0 N–H and O–H groups in total. The summed E-state index contributed by atoms with van der Waals surface area (Å²) in [4.78, 5) is 38.7. The molecule has 0 spiro atoms. The van der Waals surface area contributed by atoms with Crippen molar-refractivity contribution in [2.24, 2.45) is 14.1 Å². The summed E-state index contributed by atoms with van der Waals surface area (Å²) in [6.07, 6.45) is 4.21. The Kier molecular flexibility index (Phi) is 5.80. The van der Waals surface area contributed by atoms with Gasteiger partial charge in [0.05, 0.1) is 16.4 Å². The van der Waals surface area contributed by atoms with E-state index >= 15 is 0 Å². The second kappa shape index (κ2) is 7.63. The Labute approximate surface area is 148 Å². The molecule has 128 valence electrons. The molecular formula is C16H18ClN3O3S. The van der Waals surface area contributed by atoms with Crippen molar-refractivity contribution in [3.05, 3.63) is 60.0 Å². The van der Waals surface area contributed by atoms with Crippen molar-refractivity contribution in [1.82, 2.24) is 14.0 Å². The maximum Gasteiger partial charge on any atom is 0.330 e. The van der Waals surface area contributed by atoms with Gasteiger partial charge in [-0.3, -0.25) is 14.2 Å². The average Bonchev–Trinajstić information content (AvgIpc) is 2.97. The zero-order valence-electron chi connectivity index (χ0n) is 13.7. The first-order valence-corrected chi connectivity index (χ1v) is 8.50. The standard InChI is InChI=1S/C16H18ClN3O3S/c1-4-20(10-12-6-7-13(17)24-12)14(21)8-5-11-9-18(2)16(23)19(3)15(11)22/h5-9H,4,10H2,1-3H3. The first-order chi connectivity index (χ1) is 11.3. The van der Waals surface area contributed by atoms with Crippen LogP contribution < -0.4 is 11.2 Å². The molecule has 24 heavy (non-hydrogen) atoms. The zero-order chi connectivity index (χ0) is 17.9. The SMILES string of the molecule is CCN(Cc1ccc(Cl)s1)C(=O)C=Cc1cn(C)c(=O)n(C)c1=O. The van der Waals surface area contributed by atoms with E-state index in [4.69, 9.17) is 11.6 Å². The molecule has 2 rings (SSSR count). The third kappa shape index (κ3) is 4.04. The number of amides is 1. The molecule has 8 heteroatoms. The largest absolute Gasteiger partial charge is 0.334 e. The van der Waals surface area contributed by atoms with Gasteiger partial charge in [-0.05, 0) is 25.1 Å². The summed E-state index contributed by atoms with van der Waals surface area (Å²) in [5, 5.41) is 0. The fraction of sp³-hybridized carbons (Fsp3) is 0.312. The van der Waals surface area contributed by atoms with Gasteiger partial charge in [0, 0.05) is 37.8 Å². The van der Waals surface area contributed by atoms with E-state index in [1.54, 1.807) is 18.0 Å². The lowest BCUT2D eigenvalue weighted by molar-refractivity contribution is -0.126. The van der Waals surface area contributed by atoms with Crippen LogP contribution in [0.25, 0.3) is 6.08 Å². The van der Waals surface area contributed by atoms with E-state index in [1.807, 2.05) is 13.0 Å². The van der Waals surface area contributed by atoms with Crippen molar-refractivity contribution in [3.8, 4) is 0 Å². The molecule has 0 aromatic carbocycles. The van der Waals surface area contributed by atoms with Crippen LogP contribution in [0.15, 0.2) is 34.0 Å². The van der Waals surface area contributed by atoms with Crippen LogP contribution in [0.3, 0.4) is 0 Å². The summed E-state index contributed by atoms with van der Waals surface area (Å²) in [6.45, 7) is 2.87. The number of carbonyl (C=O) groups excluding carboxylic acids is 1. The number of halogens is 1. The number of aromatic nitrogens is 2. The van der Waals surface area contributed by atoms with Gasteiger partial charge in [0.2, 0.25) is 5.91 Å². The highest BCUT2D eigenvalue weighted by molar-refractivity contribution is 7.16. The summed E-state index contributed by atoms with van der Waals surface area (Å²) < 4.78 is 2.99. The number of nitrogens with zero attached hydrogens (tertiary/aromatic N) is 3. The van der Waals surface area contributed by atoms with Gasteiger partial charge < -0.3 is 9.47 Å². The van der Waals surface area contributed by atoms with E-state index in [0.717, 1.165) is 9.44 Å². The molecule has 0 unspecified atom stereocenters. The molecule has 0 radical (unpaired) electrons. The van der Waals surface area contributed by atoms with Crippen LogP contribution in [0.2, 0.25) is 4.34 Å². The molecule has 0 aliphatic heterocycles. The Bertz CT molecular complexity index is 895. The molecule has 0 aliphatic carbocycles. The Morgan fingerprint density at radius 3 is 2.62 bits per heavy atom. The van der Waals surface area contributed by atoms with Crippen molar-refractivity contribution in [1.29, 1.82) is 0 Å². The molecule has 2 aromatic rings. The summed E-state index contributed by atoms with van der Waals surface area (Å²) in [7, 11) is 2.96. The van der Waals surface area contributed by atoms with E-state index in [0.29, 0.717) is 17.4 Å². The first-order valence-electron chi connectivity index (χ1n) is 7.31. The minimum absolute atomic E-state index is 0.210. The minimum Gasteiger partial charge on any atom is -0.334 e. The third-order valence-electron chi connectivity index (χ3n) is 3.55. The number of likely N-dealkylation sites (N-methyl/N-ethyl adjacent to an activating group) is 1. The van der Waals surface area contributed by atoms with Gasteiger partial charge in [0.1, 0.15) is 0 Å². The highest BCUT2D eigenvalue weighted by Gasteiger charge is 2.11. The number of aryl methyl sites for hydroxylation is 1. The third-order valence-corrected chi connectivity index (χ3v) is 4.76. The topological polar surface area (TPSA) is 64.3 Å². The molecule has 6 nitrogen and oxygen atoms in total. The monoisotopic (exact) mass is 367 g/mol. The van der Waals surface area contributed by atoms with Crippen LogP contribution in [0.1, 0.15) is 17.4 Å². The quantitative estimate of drug-likeness (QED) is 0.758. The van der Waals surface area contributed by atoms with Crippen molar-refractivity contribution >= 4 is 34.9 Å². The van der Waals surface area contributed by atoms with E-state index in [1.165, 1.54) is 41.3 Å². The predicted molar refractivity (Wildman–Crippen MR) is 96.4 cm³/mol. The lowest BCUT2D eigenvalue weighted by atomic mass is 10.2. The van der Waals surface area contributed by atoms with Crippen LogP contribution >= 0.6 is 22.9 Å². The van der Waals surface area contributed by atoms with E-state index in [9.17, 15) is 14.4 Å². The summed E-state index contributed by atoms with van der Waals surface area (Å²) in [5.41, 5.74) is -0.563. The van der Waals surface area contributed by atoms with E-state index < -0.39 is 11.2 Å². The van der Waals surface area contributed by atoms with Crippen molar-refractivity contribution in [2.45, 2.75) is 13.5 Å².